The van der Waals surface area contributed by atoms with Crippen LogP contribution in [0.3, 0.4) is 0 Å². The van der Waals surface area contributed by atoms with Crippen molar-refractivity contribution in [1.29, 1.82) is 0 Å². The summed E-state index contributed by atoms with van der Waals surface area (Å²) in [5.41, 5.74) is 4.42. The van der Waals surface area contributed by atoms with Crippen LogP contribution >= 0.6 is 24.0 Å². The lowest BCUT2D eigenvalue weighted by atomic mass is 10.1. The van der Waals surface area contributed by atoms with Gasteiger partial charge in [-0.25, -0.2) is 0 Å². The number of carbonyl (C=O) groups is 2. The zero-order valence-electron chi connectivity index (χ0n) is 15.6. The lowest BCUT2D eigenvalue weighted by Gasteiger charge is -2.13. The third-order valence-electron chi connectivity index (χ3n) is 4.08. The molecule has 3 nitrogen and oxygen atoms in total. The maximum atomic E-state index is 12.8. The number of carbonyl (C=O) groups excluding carboxylic acids is 2. The molecular weight excluding hydrogens is 386 g/mol. The minimum Gasteiger partial charge on any atom is -0.298 e. The largest absolute Gasteiger partial charge is 0.298 e. The maximum Gasteiger partial charge on any atom is 0.270 e. The van der Waals surface area contributed by atoms with Gasteiger partial charge < -0.3 is 0 Å². The Bertz CT molecular complexity index is 1000. The van der Waals surface area contributed by atoms with Crippen LogP contribution in [0.5, 0.6) is 0 Å². The number of benzene rings is 2. The smallest absolute Gasteiger partial charge is 0.270 e. The van der Waals surface area contributed by atoms with Crippen LogP contribution in [-0.2, 0) is 9.59 Å². The van der Waals surface area contributed by atoms with E-state index in [-0.39, 0.29) is 5.91 Å². The highest BCUT2D eigenvalue weighted by Crippen LogP contribution is 2.35. The number of anilines is 1. The minimum atomic E-state index is -0.0984. The van der Waals surface area contributed by atoms with E-state index in [2.05, 4.69) is 0 Å². The topological polar surface area (TPSA) is 37.4 Å². The van der Waals surface area contributed by atoms with Crippen molar-refractivity contribution in [2.24, 2.45) is 0 Å². The summed E-state index contributed by atoms with van der Waals surface area (Å²) in [4.78, 5) is 25.7. The van der Waals surface area contributed by atoms with Gasteiger partial charge in [0.2, 0.25) is 0 Å². The summed E-state index contributed by atoms with van der Waals surface area (Å²) in [6, 6.07) is 17.3. The highest BCUT2D eigenvalue weighted by molar-refractivity contribution is 8.27. The van der Waals surface area contributed by atoms with E-state index in [9.17, 15) is 9.59 Å². The van der Waals surface area contributed by atoms with Crippen molar-refractivity contribution < 1.29 is 9.59 Å². The second-order valence-corrected chi connectivity index (χ2v) is 8.09. The van der Waals surface area contributed by atoms with Crippen LogP contribution in [-0.4, -0.2) is 16.5 Å². The fourth-order valence-electron chi connectivity index (χ4n) is 2.76. The van der Waals surface area contributed by atoms with Crippen LogP contribution in [0, 0.1) is 0 Å². The number of hydrogen-bond acceptors (Lipinski definition) is 4. The molecule has 0 spiro atoms. The summed E-state index contributed by atoms with van der Waals surface area (Å²) in [6.07, 6.45) is 6.55. The van der Waals surface area contributed by atoms with Gasteiger partial charge in [-0.2, -0.15) is 0 Å². The second-order valence-electron chi connectivity index (χ2n) is 6.41. The number of thiocarbonyl (C=S) groups is 1. The Morgan fingerprint density at radius 1 is 0.929 bits per heavy atom. The van der Waals surface area contributed by atoms with Gasteiger partial charge in [-0.15, -0.1) is 0 Å². The van der Waals surface area contributed by atoms with Gasteiger partial charge in [-0.1, -0.05) is 72.5 Å². The molecular formula is C23H19NO2S2. The van der Waals surface area contributed by atoms with Gasteiger partial charge in [-0.05, 0) is 60.4 Å². The lowest BCUT2D eigenvalue weighted by molar-refractivity contribution is -0.113. The average Bonchev–Trinajstić information content (AvgIpc) is 2.97. The standard InChI is InChI=1S/C23H19NO2S2/c1-16(12-18-8-10-19(11-9-18)13-17(2)15-25)14-21-22(26)24(23(27)28-21)20-6-4-3-5-7-20/h3-15H,1-2H3. The van der Waals surface area contributed by atoms with E-state index in [1.807, 2.05) is 79.7 Å². The molecule has 1 aliphatic rings. The highest BCUT2D eigenvalue weighted by atomic mass is 32.2. The Morgan fingerprint density at radius 3 is 2.07 bits per heavy atom. The van der Waals surface area contributed by atoms with Crippen molar-refractivity contribution in [3.63, 3.8) is 0 Å². The summed E-state index contributed by atoms with van der Waals surface area (Å²) >= 11 is 6.71. The third kappa shape index (κ3) is 4.74. The average molecular weight is 406 g/mol. The number of thioether (sulfide) groups is 1. The molecule has 28 heavy (non-hydrogen) atoms. The zero-order chi connectivity index (χ0) is 20.1. The quantitative estimate of drug-likeness (QED) is 0.366. The summed E-state index contributed by atoms with van der Waals surface area (Å²) in [5.74, 6) is -0.0984. The van der Waals surface area contributed by atoms with Crippen molar-refractivity contribution in [2.75, 3.05) is 4.90 Å². The van der Waals surface area contributed by atoms with Gasteiger partial charge in [0.15, 0.2) is 4.32 Å². The normalized spacial score (nSPS) is 16.8. The highest BCUT2D eigenvalue weighted by Gasteiger charge is 2.33. The van der Waals surface area contributed by atoms with Gasteiger partial charge in [0.1, 0.15) is 6.29 Å². The summed E-state index contributed by atoms with van der Waals surface area (Å²) in [7, 11) is 0. The predicted molar refractivity (Wildman–Crippen MR) is 122 cm³/mol. The maximum absolute atomic E-state index is 12.8. The number of aldehydes is 1. The van der Waals surface area contributed by atoms with E-state index in [0.717, 1.165) is 28.7 Å². The van der Waals surface area contributed by atoms with Crippen molar-refractivity contribution in [3.8, 4) is 0 Å². The van der Waals surface area contributed by atoms with Crippen LogP contribution in [0.15, 0.2) is 76.7 Å². The number of para-hydroxylation sites is 1. The molecule has 2 aromatic carbocycles. The molecule has 0 aliphatic carbocycles. The van der Waals surface area contributed by atoms with Crippen LogP contribution in [0.2, 0.25) is 0 Å². The van der Waals surface area contributed by atoms with Crippen molar-refractivity contribution in [1.82, 2.24) is 0 Å². The van der Waals surface area contributed by atoms with E-state index in [4.69, 9.17) is 12.2 Å². The number of allylic oxidation sites excluding steroid dienone is 3. The Hall–Kier alpha value is -2.76. The molecule has 2 aromatic rings. The molecule has 0 bridgehead atoms. The lowest BCUT2D eigenvalue weighted by Crippen LogP contribution is -2.27. The first kappa shape index (κ1) is 20.0. The fourth-order valence-corrected chi connectivity index (χ4v) is 4.11. The Labute approximate surface area is 174 Å². The van der Waals surface area contributed by atoms with Gasteiger partial charge in [0, 0.05) is 0 Å². The number of nitrogens with zero attached hydrogens (tertiary/aromatic N) is 1. The van der Waals surface area contributed by atoms with Gasteiger partial charge >= 0.3 is 0 Å². The van der Waals surface area contributed by atoms with Gasteiger partial charge in [-0.3, -0.25) is 14.5 Å². The van der Waals surface area contributed by atoms with Crippen LogP contribution < -0.4 is 4.90 Å². The Morgan fingerprint density at radius 2 is 1.50 bits per heavy atom. The van der Waals surface area contributed by atoms with Gasteiger partial charge in [0.05, 0.1) is 10.6 Å². The van der Waals surface area contributed by atoms with Crippen LogP contribution in [0.1, 0.15) is 25.0 Å². The Kier molecular flexibility index (Phi) is 6.39. The summed E-state index contributed by atoms with van der Waals surface area (Å²) < 4.78 is 0.539. The van der Waals surface area contributed by atoms with E-state index >= 15 is 0 Å². The molecule has 0 saturated carbocycles. The molecule has 1 saturated heterocycles. The van der Waals surface area contributed by atoms with E-state index in [0.29, 0.717) is 14.8 Å². The van der Waals surface area contributed by atoms with Gasteiger partial charge in [0.25, 0.3) is 5.91 Å². The first-order valence-electron chi connectivity index (χ1n) is 8.73. The molecule has 0 atom stereocenters. The van der Waals surface area contributed by atoms with Crippen molar-refractivity contribution >= 4 is 58.3 Å². The molecule has 3 rings (SSSR count). The monoisotopic (exact) mass is 405 g/mol. The van der Waals surface area contributed by atoms with E-state index in [1.165, 1.54) is 11.8 Å². The van der Waals surface area contributed by atoms with Crippen LogP contribution in [0.25, 0.3) is 12.2 Å². The number of amides is 1. The first-order chi connectivity index (χ1) is 13.5. The summed E-state index contributed by atoms with van der Waals surface area (Å²) in [6.45, 7) is 3.73. The van der Waals surface area contributed by atoms with E-state index in [1.54, 1.807) is 11.8 Å². The Balaban J connectivity index is 1.79. The molecule has 0 aromatic heterocycles. The van der Waals surface area contributed by atoms with Crippen molar-refractivity contribution in [2.45, 2.75) is 13.8 Å². The first-order valence-corrected chi connectivity index (χ1v) is 9.95. The van der Waals surface area contributed by atoms with Crippen molar-refractivity contribution in [3.05, 3.63) is 87.9 Å². The molecule has 1 aliphatic heterocycles. The molecule has 1 fully saturated rings. The summed E-state index contributed by atoms with van der Waals surface area (Å²) in [5, 5.41) is 0. The molecule has 5 heteroatoms. The molecule has 1 heterocycles. The molecule has 1 amide bonds. The predicted octanol–water partition coefficient (Wildman–Crippen LogP) is 5.64. The minimum absolute atomic E-state index is 0.0984. The fraction of sp³-hybridized carbons (Fsp3) is 0.0870. The molecule has 0 radical (unpaired) electrons. The molecule has 140 valence electrons. The SMILES string of the molecule is CC(C=O)=Cc1ccc(C=C(C)C=C2SC(=S)N(c3ccccc3)C2=O)cc1. The second kappa shape index (κ2) is 8.95. The number of hydrogen-bond donors (Lipinski definition) is 0. The van der Waals surface area contributed by atoms with E-state index < -0.39 is 0 Å². The third-order valence-corrected chi connectivity index (χ3v) is 5.38. The number of rotatable bonds is 5. The molecule has 0 N–H and O–H groups in total. The van der Waals surface area contributed by atoms with Crippen LogP contribution in [0.4, 0.5) is 5.69 Å². The molecule has 0 unspecified atom stereocenters. The zero-order valence-corrected chi connectivity index (χ0v) is 17.2.